The largest absolute Gasteiger partial charge is 0.335 e. The third kappa shape index (κ3) is 4.51. The third-order valence-electron chi connectivity index (χ3n) is 4.95. The van der Waals surface area contributed by atoms with Gasteiger partial charge in [-0.2, -0.15) is 0 Å². The number of benzene rings is 1. The average Bonchev–Trinajstić information content (AvgIpc) is 2.62. The van der Waals surface area contributed by atoms with Crippen molar-refractivity contribution < 1.29 is 14.0 Å². The molecule has 2 aliphatic rings. The van der Waals surface area contributed by atoms with Gasteiger partial charge in [-0.25, -0.2) is 9.18 Å². The molecule has 1 aliphatic heterocycles. The van der Waals surface area contributed by atoms with E-state index < -0.39 is 0 Å². The zero-order valence-corrected chi connectivity index (χ0v) is 15.7. The smallest absolute Gasteiger partial charge is 0.317 e. The summed E-state index contributed by atoms with van der Waals surface area (Å²) in [5.74, 6) is -0.521. The maximum Gasteiger partial charge on any atom is 0.317 e. The molecule has 0 atom stereocenters. The van der Waals surface area contributed by atoms with E-state index in [1.165, 1.54) is 37.5 Å². The highest BCUT2D eigenvalue weighted by Crippen LogP contribution is 2.21. The standard InChI is InChI=1S/C18H23BrFN3O2/c19-16-12-13(20)6-7-15(16)17(24)22-8-10-23(11-9-22)18(25)21-14-4-2-1-3-5-14/h6-7,12,14H,1-5,8-11H2,(H,21,25). The molecule has 1 aromatic rings. The Labute approximate surface area is 155 Å². The summed E-state index contributed by atoms with van der Waals surface area (Å²) in [7, 11) is 0. The maximum atomic E-state index is 13.2. The van der Waals surface area contributed by atoms with Crippen LogP contribution < -0.4 is 5.32 Å². The van der Waals surface area contributed by atoms with Crippen molar-refractivity contribution in [1.82, 2.24) is 15.1 Å². The lowest BCUT2D eigenvalue weighted by Gasteiger charge is -2.36. The summed E-state index contributed by atoms with van der Waals surface area (Å²) >= 11 is 3.24. The van der Waals surface area contributed by atoms with Crippen molar-refractivity contribution in [2.75, 3.05) is 26.2 Å². The SMILES string of the molecule is O=C(NC1CCCCC1)N1CCN(C(=O)c2ccc(F)cc2Br)CC1. The van der Waals surface area contributed by atoms with Gasteiger partial charge in [0.05, 0.1) is 5.56 Å². The molecule has 2 fully saturated rings. The summed E-state index contributed by atoms with van der Waals surface area (Å²) < 4.78 is 13.6. The molecular formula is C18H23BrFN3O2. The van der Waals surface area contributed by atoms with Crippen LogP contribution in [-0.4, -0.2) is 54.0 Å². The van der Waals surface area contributed by atoms with Gasteiger partial charge in [0.1, 0.15) is 5.82 Å². The van der Waals surface area contributed by atoms with E-state index in [0.29, 0.717) is 36.2 Å². The normalized spacial score (nSPS) is 19.0. The van der Waals surface area contributed by atoms with Crippen LogP contribution in [0, 0.1) is 5.82 Å². The van der Waals surface area contributed by atoms with Crippen molar-refractivity contribution in [3.63, 3.8) is 0 Å². The quantitative estimate of drug-likeness (QED) is 0.810. The van der Waals surface area contributed by atoms with Crippen molar-refractivity contribution >= 4 is 27.9 Å². The van der Waals surface area contributed by atoms with Crippen LogP contribution in [0.5, 0.6) is 0 Å². The number of piperazine rings is 1. The number of carbonyl (C=O) groups is 2. The molecule has 136 valence electrons. The number of carbonyl (C=O) groups excluding carboxylic acids is 2. The highest BCUT2D eigenvalue weighted by molar-refractivity contribution is 9.10. The first-order valence-electron chi connectivity index (χ1n) is 8.84. The maximum absolute atomic E-state index is 13.2. The summed E-state index contributed by atoms with van der Waals surface area (Å²) in [6.07, 6.45) is 5.73. The number of amides is 3. The molecule has 1 saturated carbocycles. The van der Waals surface area contributed by atoms with E-state index in [1.54, 1.807) is 9.80 Å². The van der Waals surface area contributed by atoms with Gasteiger partial charge in [-0.15, -0.1) is 0 Å². The molecule has 7 heteroatoms. The zero-order valence-electron chi connectivity index (χ0n) is 14.1. The monoisotopic (exact) mass is 411 g/mol. The fourth-order valence-electron chi connectivity index (χ4n) is 3.46. The Morgan fingerprint density at radius 2 is 1.68 bits per heavy atom. The molecule has 0 unspecified atom stereocenters. The molecule has 1 aliphatic carbocycles. The molecule has 1 N–H and O–H groups in total. The first kappa shape index (κ1) is 18.2. The molecule has 5 nitrogen and oxygen atoms in total. The van der Waals surface area contributed by atoms with Crippen molar-refractivity contribution in [2.24, 2.45) is 0 Å². The van der Waals surface area contributed by atoms with E-state index in [1.807, 2.05) is 0 Å². The Balaban J connectivity index is 1.52. The lowest BCUT2D eigenvalue weighted by atomic mass is 9.96. The highest BCUT2D eigenvalue weighted by Gasteiger charge is 2.27. The molecule has 0 spiro atoms. The van der Waals surface area contributed by atoms with Crippen LogP contribution in [-0.2, 0) is 0 Å². The van der Waals surface area contributed by atoms with Gasteiger partial charge >= 0.3 is 6.03 Å². The van der Waals surface area contributed by atoms with Crippen LogP contribution >= 0.6 is 15.9 Å². The lowest BCUT2D eigenvalue weighted by Crippen LogP contribution is -2.54. The van der Waals surface area contributed by atoms with E-state index in [4.69, 9.17) is 0 Å². The summed E-state index contributed by atoms with van der Waals surface area (Å²) in [5.41, 5.74) is 0.446. The van der Waals surface area contributed by atoms with E-state index in [-0.39, 0.29) is 23.8 Å². The van der Waals surface area contributed by atoms with Crippen molar-refractivity contribution in [1.29, 1.82) is 0 Å². The summed E-state index contributed by atoms with van der Waals surface area (Å²) in [6, 6.07) is 4.33. The van der Waals surface area contributed by atoms with E-state index in [9.17, 15) is 14.0 Å². The highest BCUT2D eigenvalue weighted by atomic mass is 79.9. The Morgan fingerprint density at radius 3 is 2.32 bits per heavy atom. The summed E-state index contributed by atoms with van der Waals surface area (Å²) in [4.78, 5) is 28.4. The average molecular weight is 412 g/mol. The van der Waals surface area contributed by atoms with Crippen molar-refractivity contribution in [3.05, 3.63) is 34.1 Å². The molecule has 0 aromatic heterocycles. The van der Waals surface area contributed by atoms with Crippen LogP contribution in [0.3, 0.4) is 0 Å². The van der Waals surface area contributed by atoms with Gasteiger partial charge in [0, 0.05) is 36.7 Å². The fraction of sp³-hybridized carbons (Fsp3) is 0.556. The van der Waals surface area contributed by atoms with Crippen molar-refractivity contribution in [3.8, 4) is 0 Å². The van der Waals surface area contributed by atoms with Crippen LogP contribution in [0.15, 0.2) is 22.7 Å². The van der Waals surface area contributed by atoms with Gasteiger partial charge in [0.15, 0.2) is 0 Å². The Hall–Kier alpha value is -1.63. The molecule has 0 bridgehead atoms. The molecule has 1 aromatic carbocycles. The van der Waals surface area contributed by atoms with E-state index in [2.05, 4.69) is 21.2 Å². The lowest BCUT2D eigenvalue weighted by molar-refractivity contribution is 0.0661. The van der Waals surface area contributed by atoms with E-state index in [0.717, 1.165) is 12.8 Å². The topological polar surface area (TPSA) is 52.7 Å². The Kier molecular flexibility index (Phi) is 5.93. The Bertz CT molecular complexity index is 641. The zero-order chi connectivity index (χ0) is 17.8. The third-order valence-corrected chi connectivity index (χ3v) is 5.60. The van der Waals surface area contributed by atoms with Gasteiger partial charge in [0.2, 0.25) is 0 Å². The number of halogens is 2. The number of hydrogen-bond acceptors (Lipinski definition) is 2. The van der Waals surface area contributed by atoms with Gasteiger partial charge in [-0.1, -0.05) is 19.3 Å². The van der Waals surface area contributed by atoms with Crippen LogP contribution in [0.4, 0.5) is 9.18 Å². The molecule has 3 rings (SSSR count). The fourth-order valence-corrected chi connectivity index (χ4v) is 3.98. The van der Waals surface area contributed by atoms with Crippen molar-refractivity contribution in [2.45, 2.75) is 38.1 Å². The predicted molar refractivity (Wildman–Crippen MR) is 97.0 cm³/mol. The minimum Gasteiger partial charge on any atom is -0.335 e. The van der Waals surface area contributed by atoms with Gasteiger partial charge < -0.3 is 15.1 Å². The predicted octanol–water partition coefficient (Wildman–Crippen LogP) is 3.39. The number of nitrogens with zero attached hydrogens (tertiary/aromatic N) is 2. The minimum atomic E-state index is -0.382. The molecule has 25 heavy (non-hydrogen) atoms. The summed E-state index contributed by atoms with van der Waals surface area (Å²) in [6.45, 7) is 2.01. The van der Waals surface area contributed by atoms with Crippen LogP contribution in [0.1, 0.15) is 42.5 Å². The number of hydrogen-bond donors (Lipinski definition) is 1. The molecule has 3 amide bonds. The number of urea groups is 1. The van der Waals surface area contributed by atoms with Gasteiger partial charge in [-0.05, 0) is 47.0 Å². The Morgan fingerprint density at radius 1 is 1.04 bits per heavy atom. The minimum absolute atomic E-state index is 0.0260. The van der Waals surface area contributed by atoms with Gasteiger partial charge in [0.25, 0.3) is 5.91 Å². The second kappa shape index (κ2) is 8.17. The second-order valence-corrected chi connectivity index (χ2v) is 7.54. The van der Waals surface area contributed by atoms with Gasteiger partial charge in [-0.3, -0.25) is 4.79 Å². The second-order valence-electron chi connectivity index (χ2n) is 6.69. The number of rotatable bonds is 2. The molecular weight excluding hydrogens is 389 g/mol. The van der Waals surface area contributed by atoms with Crippen LogP contribution in [0.25, 0.3) is 0 Å². The molecule has 1 saturated heterocycles. The summed E-state index contributed by atoms with van der Waals surface area (Å²) in [5, 5.41) is 3.11. The van der Waals surface area contributed by atoms with E-state index >= 15 is 0 Å². The molecule has 1 heterocycles. The first-order chi connectivity index (χ1) is 12.0. The first-order valence-corrected chi connectivity index (χ1v) is 9.63. The van der Waals surface area contributed by atoms with Crippen LogP contribution in [0.2, 0.25) is 0 Å². The molecule has 0 radical (unpaired) electrons. The number of nitrogens with one attached hydrogen (secondary N) is 1.